The summed E-state index contributed by atoms with van der Waals surface area (Å²) in [7, 11) is -2.71. The molecule has 102 valence electrons. The highest BCUT2D eigenvalue weighted by Crippen LogP contribution is 2.53. The summed E-state index contributed by atoms with van der Waals surface area (Å²) in [6, 6.07) is 0.449. The van der Waals surface area contributed by atoms with Crippen LogP contribution in [-0.2, 0) is 9.09 Å². The smallest absolute Gasteiger partial charge is 0.273 e. The fourth-order valence-corrected chi connectivity index (χ4v) is 5.03. The Morgan fingerprint density at radius 3 is 2.18 bits per heavy atom. The molecular formula is C13H28NO2P. The monoisotopic (exact) mass is 261 g/mol. The highest BCUT2D eigenvalue weighted by atomic mass is 31.2. The molecule has 0 bridgehead atoms. The number of unbranched alkanes of at least 4 members (excludes halogenated alkanes) is 1. The van der Waals surface area contributed by atoms with Crippen LogP contribution in [0.4, 0.5) is 0 Å². The van der Waals surface area contributed by atoms with Crippen molar-refractivity contribution in [3.63, 3.8) is 0 Å². The first kappa shape index (κ1) is 16.9. The molecule has 0 aliphatic heterocycles. The van der Waals surface area contributed by atoms with Crippen molar-refractivity contribution in [1.29, 1.82) is 0 Å². The zero-order valence-corrected chi connectivity index (χ0v) is 12.9. The molecule has 0 saturated carbocycles. The van der Waals surface area contributed by atoms with Gasteiger partial charge in [-0.05, 0) is 34.1 Å². The van der Waals surface area contributed by atoms with Crippen molar-refractivity contribution in [3.8, 4) is 0 Å². The van der Waals surface area contributed by atoms with E-state index in [1.807, 2.05) is 4.67 Å². The fraction of sp³-hybridized carbons (Fsp3) is 0.846. The van der Waals surface area contributed by atoms with Crippen LogP contribution in [0.3, 0.4) is 0 Å². The van der Waals surface area contributed by atoms with Gasteiger partial charge in [-0.1, -0.05) is 19.4 Å². The van der Waals surface area contributed by atoms with E-state index in [0.29, 0.717) is 12.8 Å². The predicted molar refractivity (Wildman–Crippen MR) is 75.6 cm³/mol. The van der Waals surface area contributed by atoms with E-state index in [4.69, 9.17) is 4.52 Å². The Hall–Kier alpha value is -0.110. The van der Waals surface area contributed by atoms with Crippen LogP contribution < -0.4 is 0 Å². The second-order valence-electron chi connectivity index (χ2n) is 4.87. The molecule has 0 heterocycles. The van der Waals surface area contributed by atoms with E-state index in [1.165, 1.54) is 0 Å². The number of hydrogen-bond acceptors (Lipinski definition) is 2. The molecule has 1 atom stereocenters. The van der Waals surface area contributed by atoms with Crippen molar-refractivity contribution in [2.45, 2.75) is 59.5 Å². The summed E-state index contributed by atoms with van der Waals surface area (Å²) in [5.74, 6) is 0. The topological polar surface area (TPSA) is 29.5 Å². The van der Waals surface area contributed by atoms with Gasteiger partial charge in [-0.2, -0.15) is 0 Å². The third-order valence-corrected chi connectivity index (χ3v) is 5.66. The summed E-state index contributed by atoms with van der Waals surface area (Å²) in [6.07, 6.45) is 4.26. The largest absolute Gasteiger partial charge is 0.313 e. The highest BCUT2D eigenvalue weighted by Gasteiger charge is 2.34. The lowest BCUT2D eigenvalue weighted by Crippen LogP contribution is -2.35. The number of hydrogen-bond donors (Lipinski definition) is 0. The molecule has 0 aromatic rings. The van der Waals surface area contributed by atoms with E-state index in [1.54, 1.807) is 6.08 Å². The second kappa shape index (κ2) is 8.07. The highest BCUT2D eigenvalue weighted by molar-refractivity contribution is 7.56. The van der Waals surface area contributed by atoms with E-state index in [0.717, 1.165) is 12.8 Å². The average molecular weight is 261 g/mol. The summed E-state index contributed by atoms with van der Waals surface area (Å²) in [5.41, 5.74) is 0. The molecule has 0 aliphatic carbocycles. The van der Waals surface area contributed by atoms with Crippen LogP contribution >= 0.6 is 7.52 Å². The molecule has 3 nitrogen and oxygen atoms in total. The average Bonchev–Trinajstić information content (AvgIpc) is 2.22. The zero-order chi connectivity index (χ0) is 13.5. The molecule has 0 aliphatic rings. The van der Waals surface area contributed by atoms with Gasteiger partial charge >= 0.3 is 0 Å². The van der Waals surface area contributed by atoms with E-state index in [2.05, 4.69) is 41.2 Å². The lowest BCUT2D eigenvalue weighted by Gasteiger charge is -2.37. The fourth-order valence-electron chi connectivity index (χ4n) is 2.07. The molecule has 0 fully saturated rings. The van der Waals surface area contributed by atoms with Crippen LogP contribution in [0.25, 0.3) is 0 Å². The minimum Gasteiger partial charge on any atom is -0.313 e. The summed E-state index contributed by atoms with van der Waals surface area (Å²) in [6.45, 7) is 14.4. The Labute approximate surface area is 107 Å². The molecule has 0 radical (unpaired) electrons. The number of nitrogens with zero attached hydrogens (tertiary/aromatic N) is 1. The first-order valence-corrected chi connectivity index (χ1v) is 8.28. The van der Waals surface area contributed by atoms with Gasteiger partial charge in [-0.3, -0.25) is 4.57 Å². The van der Waals surface area contributed by atoms with Gasteiger partial charge in [0, 0.05) is 18.2 Å². The molecule has 0 spiro atoms. The molecule has 0 N–H and O–H groups in total. The third-order valence-electron chi connectivity index (χ3n) is 2.60. The van der Waals surface area contributed by atoms with E-state index < -0.39 is 7.52 Å². The normalized spacial score (nSPS) is 15.5. The Morgan fingerprint density at radius 2 is 1.82 bits per heavy atom. The van der Waals surface area contributed by atoms with Crippen LogP contribution in [-0.4, -0.2) is 29.5 Å². The van der Waals surface area contributed by atoms with Crippen LogP contribution in [0.1, 0.15) is 47.5 Å². The minimum absolute atomic E-state index is 0.225. The van der Waals surface area contributed by atoms with Gasteiger partial charge in [0.1, 0.15) is 0 Å². The maximum atomic E-state index is 13.0. The molecular weight excluding hydrogens is 233 g/mol. The van der Waals surface area contributed by atoms with Crippen molar-refractivity contribution < 1.29 is 9.09 Å². The Kier molecular flexibility index (Phi) is 8.02. The van der Waals surface area contributed by atoms with Crippen LogP contribution in [0.2, 0.25) is 0 Å². The molecule has 0 aromatic heterocycles. The van der Waals surface area contributed by atoms with Crippen LogP contribution in [0.5, 0.6) is 0 Å². The predicted octanol–water partition coefficient (Wildman–Crippen LogP) is 4.30. The van der Waals surface area contributed by atoms with Gasteiger partial charge in [0.15, 0.2) is 0 Å². The molecule has 17 heavy (non-hydrogen) atoms. The van der Waals surface area contributed by atoms with E-state index >= 15 is 0 Å². The van der Waals surface area contributed by atoms with Crippen LogP contribution in [0, 0.1) is 0 Å². The summed E-state index contributed by atoms with van der Waals surface area (Å²) >= 11 is 0. The van der Waals surface area contributed by atoms with E-state index in [9.17, 15) is 4.57 Å². The lowest BCUT2D eigenvalue weighted by atomic mass is 10.3. The van der Waals surface area contributed by atoms with Crippen LogP contribution in [0.15, 0.2) is 12.7 Å². The van der Waals surface area contributed by atoms with Gasteiger partial charge in [0.25, 0.3) is 7.52 Å². The summed E-state index contributed by atoms with van der Waals surface area (Å²) < 4.78 is 20.6. The van der Waals surface area contributed by atoms with Crippen molar-refractivity contribution in [2.75, 3.05) is 12.8 Å². The molecule has 1 unspecified atom stereocenters. The Morgan fingerprint density at radius 1 is 1.29 bits per heavy atom. The van der Waals surface area contributed by atoms with Gasteiger partial charge in [0.05, 0.1) is 6.61 Å². The first-order valence-electron chi connectivity index (χ1n) is 6.52. The quantitative estimate of drug-likeness (QED) is 0.458. The van der Waals surface area contributed by atoms with Crippen molar-refractivity contribution in [3.05, 3.63) is 12.7 Å². The maximum Gasteiger partial charge on any atom is 0.273 e. The molecule has 0 amide bonds. The number of rotatable bonds is 9. The Bertz CT molecular complexity index is 256. The molecule has 4 heteroatoms. The SMILES string of the molecule is C=CCOP(=O)(CCCC)N(C(C)C)C(C)C. The van der Waals surface area contributed by atoms with Gasteiger partial charge in [-0.25, -0.2) is 4.67 Å². The van der Waals surface area contributed by atoms with Gasteiger partial charge in [-0.15, -0.1) is 6.58 Å². The van der Waals surface area contributed by atoms with E-state index in [-0.39, 0.29) is 12.1 Å². The molecule has 0 aromatic carbocycles. The standard InChI is InChI=1S/C13H28NO2P/c1-7-9-11-17(15,16-10-8-2)14(12(3)4)13(5)6/h8,12-13H,2,7,9-11H2,1,3-6H3. The van der Waals surface area contributed by atoms with Crippen molar-refractivity contribution >= 4 is 7.52 Å². The minimum atomic E-state index is -2.71. The zero-order valence-electron chi connectivity index (χ0n) is 12.0. The summed E-state index contributed by atoms with van der Waals surface area (Å²) in [4.78, 5) is 0. The summed E-state index contributed by atoms with van der Waals surface area (Å²) in [5, 5.41) is 0. The second-order valence-corrected chi connectivity index (χ2v) is 7.31. The van der Waals surface area contributed by atoms with Gasteiger partial charge < -0.3 is 4.52 Å². The molecule has 0 rings (SSSR count). The van der Waals surface area contributed by atoms with Gasteiger partial charge in [0.2, 0.25) is 0 Å². The van der Waals surface area contributed by atoms with Crippen molar-refractivity contribution in [1.82, 2.24) is 4.67 Å². The Balaban J connectivity index is 4.95. The maximum absolute atomic E-state index is 13.0. The van der Waals surface area contributed by atoms with Crippen molar-refractivity contribution in [2.24, 2.45) is 0 Å². The first-order chi connectivity index (χ1) is 7.89. The molecule has 0 saturated heterocycles. The third kappa shape index (κ3) is 5.37. The lowest BCUT2D eigenvalue weighted by molar-refractivity contribution is 0.229.